The number of hydrogen-bond donors (Lipinski definition) is 1. The van der Waals surface area contributed by atoms with E-state index in [-0.39, 0.29) is 11.9 Å². The number of nitrogens with one attached hydrogen (secondary N) is 1. The summed E-state index contributed by atoms with van der Waals surface area (Å²) in [6.07, 6.45) is 4.80. The van der Waals surface area contributed by atoms with Crippen LogP contribution in [0.15, 0.2) is 35.1 Å². The van der Waals surface area contributed by atoms with E-state index >= 15 is 0 Å². The van der Waals surface area contributed by atoms with Gasteiger partial charge in [0.15, 0.2) is 0 Å². The molecule has 0 aliphatic rings. The van der Waals surface area contributed by atoms with E-state index < -0.39 is 0 Å². The fourth-order valence-corrected chi connectivity index (χ4v) is 2.77. The van der Waals surface area contributed by atoms with Crippen molar-refractivity contribution < 1.29 is 4.39 Å². The molecule has 0 radical (unpaired) electrons. The molecule has 0 fully saturated rings. The molecule has 20 heavy (non-hydrogen) atoms. The smallest absolute Gasteiger partial charge is 0.130 e. The lowest BCUT2D eigenvalue weighted by atomic mass is 10.1. The lowest BCUT2D eigenvalue weighted by molar-refractivity contribution is 0.538. The maximum atomic E-state index is 13.6. The van der Waals surface area contributed by atoms with Gasteiger partial charge in [-0.15, -0.1) is 0 Å². The normalized spacial score (nSPS) is 12.6. The van der Waals surface area contributed by atoms with E-state index in [2.05, 4.69) is 37.7 Å². The molecule has 2 rings (SSSR count). The third-order valence-corrected chi connectivity index (χ3v) is 3.87. The summed E-state index contributed by atoms with van der Waals surface area (Å²) in [7, 11) is 0. The maximum absolute atomic E-state index is 13.6. The highest BCUT2D eigenvalue weighted by molar-refractivity contribution is 9.10. The van der Waals surface area contributed by atoms with Crippen molar-refractivity contribution in [3.05, 3.63) is 52.3 Å². The van der Waals surface area contributed by atoms with Crippen molar-refractivity contribution in [3.63, 3.8) is 0 Å². The zero-order valence-electron chi connectivity index (χ0n) is 11.7. The minimum Gasteiger partial charge on any atom is -0.333 e. The van der Waals surface area contributed by atoms with Gasteiger partial charge >= 0.3 is 0 Å². The number of benzene rings is 1. The molecule has 0 saturated carbocycles. The quantitative estimate of drug-likeness (QED) is 0.865. The van der Waals surface area contributed by atoms with Gasteiger partial charge in [-0.05, 0) is 36.7 Å². The zero-order chi connectivity index (χ0) is 14.5. The van der Waals surface area contributed by atoms with Crippen LogP contribution in [-0.2, 0) is 6.54 Å². The average Bonchev–Trinajstić information content (AvgIpc) is 2.88. The predicted octanol–water partition coefficient (Wildman–Crippen LogP) is 3.89. The number of aryl methyl sites for hydroxylation is 1. The molecule has 0 aliphatic carbocycles. The first-order chi connectivity index (χ1) is 9.67. The SMILES string of the molecule is CCCn1ccnc1C(NCC)c1cc(F)ccc1Br. The van der Waals surface area contributed by atoms with Crippen molar-refractivity contribution >= 4 is 15.9 Å². The maximum Gasteiger partial charge on any atom is 0.130 e. The van der Waals surface area contributed by atoms with Crippen LogP contribution in [0, 0.1) is 5.82 Å². The predicted molar refractivity (Wildman–Crippen MR) is 82.1 cm³/mol. The number of imidazole rings is 1. The second kappa shape index (κ2) is 6.99. The molecule has 5 heteroatoms. The first kappa shape index (κ1) is 15.2. The highest BCUT2D eigenvalue weighted by Crippen LogP contribution is 2.28. The standard InChI is InChI=1S/C15H19BrFN3/c1-3-8-20-9-7-19-15(20)14(18-4-2)12-10-11(17)5-6-13(12)16/h5-7,9-10,14,18H,3-4,8H2,1-2H3. The van der Waals surface area contributed by atoms with E-state index in [4.69, 9.17) is 0 Å². The van der Waals surface area contributed by atoms with Crippen molar-refractivity contribution in [2.75, 3.05) is 6.54 Å². The molecule has 1 aromatic carbocycles. The summed E-state index contributed by atoms with van der Waals surface area (Å²) >= 11 is 3.51. The van der Waals surface area contributed by atoms with Gasteiger partial charge in [-0.3, -0.25) is 0 Å². The second-order valence-electron chi connectivity index (χ2n) is 4.64. The van der Waals surface area contributed by atoms with Crippen LogP contribution in [0.25, 0.3) is 0 Å². The average molecular weight is 340 g/mol. The molecule has 1 N–H and O–H groups in total. The van der Waals surface area contributed by atoms with Gasteiger partial charge in [0.05, 0.1) is 6.04 Å². The molecule has 1 aromatic heterocycles. The molecule has 1 atom stereocenters. The fraction of sp³-hybridized carbons (Fsp3) is 0.400. The number of halogens is 2. The van der Waals surface area contributed by atoms with E-state index in [1.165, 1.54) is 6.07 Å². The minimum absolute atomic E-state index is 0.119. The van der Waals surface area contributed by atoms with Crippen molar-refractivity contribution in [2.45, 2.75) is 32.9 Å². The molecule has 1 unspecified atom stereocenters. The summed E-state index contributed by atoms with van der Waals surface area (Å²) < 4.78 is 16.6. The Kier molecular flexibility index (Phi) is 5.31. The Morgan fingerprint density at radius 3 is 2.90 bits per heavy atom. The molecule has 0 spiro atoms. The largest absolute Gasteiger partial charge is 0.333 e. The van der Waals surface area contributed by atoms with Crippen LogP contribution >= 0.6 is 15.9 Å². The molecule has 2 aromatic rings. The van der Waals surface area contributed by atoms with Gasteiger partial charge < -0.3 is 9.88 Å². The summed E-state index contributed by atoms with van der Waals surface area (Å²) in [5.74, 6) is 0.680. The molecular weight excluding hydrogens is 321 g/mol. The lowest BCUT2D eigenvalue weighted by Gasteiger charge is -2.20. The highest BCUT2D eigenvalue weighted by Gasteiger charge is 2.20. The van der Waals surface area contributed by atoms with Crippen molar-refractivity contribution in [2.24, 2.45) is 0 Å². The molecule has 0 aliphatic heterocycles. The first-order valence-electron chi connectivity index (χ1n) is 6.86. The van der Waals surface area contributed by atoms with E-state index in [0.29, 0.717) is 0 Å². The van der Waals surface area contributed by atoms with E-state index in [1.54, 1.807) is 18.3 Å². The minimum atomic E-state index is -0.236. The summed E-state index contributed by atoms with van der Waals surface area (Å²) in [5.41, 5.74) is 0.871. The Morgan fingerprint density at radius 1 is 1.40 bits per heavy atom. The Balaban J connectivity index is 2.44. The van der Waals surface area contributed by atoms with E-state index in [9.17, 15) is 4.39 Å². The van der Waals surface area contributed by atoms with Gasteiger partial charge in [0.1, 0.15) is 11.6 Å². The van der Waals surface area contributed by atoms with Crippen LogP contribution in [0.4, 0.5) is 4.39 Å². The van der Waals surface area contributed by atoms with Crippen LogP contribution in [0.5, 0.6) is 0 Å². The van der Waals surface area contributed by atoms with Crippen LogP contribution < -0.4 is 5.32 Å². The van der Waals surface area contributed by atoms with Crippen molar-refractivity contribution in [3.8, 4) is 0 Å². The number of nitrogens with zero attached hydrogens (tertiary/aromatic N) is 2. The van der Waals surface area contributed by atoms with Gasteiger partial charge in [0, 0.05) is 23.4 Å². The summed E-state index contributed by atoms with van der Waals surface area (Å²) in [4.78, 5) is 4.46. The van der Waals surface area contributed by atoms with Gasteiger partial charge in [-0.1, -0.05) is 29.8 Å². The number of rotatable bonds is 6. The number of aromatic nitrogens is 2. The van der Waals surface area contributed by atoms with Crippen molar-refractivity contribution in [1.82, 2.24) is 14.9 Å². The Labute approximate surface area is 127 Å². The lowest BCUT2D eigenvalue weighted by Crippen LogP contribution is -2.26. The summed E-state index contributed by atoms with van der Waals surface area (Å²) in [6.45, 7) is 5.86. The Morgan fingerprint density at radius 2 is 2.20 bits per heavy atom. The molecule has 0 bridgehead atoms. The molecule has 108 valence electrons. The van der Waals surface area contributed by atoms with Crippen LogP contribution in [0.3, 0.4) is 0 Å². The molecule has 3 nitrogen and oxygen atoms in total. The van der Waals surface area contributed by atoms with Gasteiger partial charge in [0.25, 0.3) is 0 Å². The topological polar surface area (TPSA) is 29.9 Å². The number of hydrogen-bond acceptors (Lipinski definition) is 2. The fourth-order valence-electron chi connectivity index (χ4n) is 2.29. The molecular formula is C15H19BrFN3. The first-order valence-corrected chi connectivity index (χ1v) is 7.66. The Hall–Kier alpha value is -1.20. The highest BCUT2D eigenvalue weighted by atomic mass is 79.9. The van der Waals surface area contributed by atoms with E-state index in [0.717, 1.165) is 35.4 Å². The van der Waals surface area contributed by atoms with Gasteiger partial charge in [0.2, 0.25) is 0 Å². The van der Waals surface area contributed by atoms with Crippen LogP contribution in [-0.4, -0.2) is 16.1 Å². The Bertz CT molecular complexity index is 568. The third-order valence-electron chi connectivity index (χ3n) is 3.15. The monoisotopic (exact) mass is 339 g/mol. The summed E-state index contributed by atoms with van der Waals surface area (Å²) in [5, 5.41) is 3.39. The summed E-state index contributed by atoms with van der Waals surface area (Å²) in [6, 6.07) is 4.63. The van der Waals surface area contributed by atoms with Crippen molar-refractivity contribution in [1.29, 1.82) is 0 Å². The van der Waals surface area contributed by atoms with Crippen LogP contribution in [0.2, 0.25) is 0 Å². The molecule has 0 amide bonds. The molecule has 1 heterocycles. The zero-order valence-corrected chi connectivity index (χ0v) is 13.3. The third kappa shape index (κ3) is 3.27. The van der Waals surface area contributed by atoms with Gasteiger partial charge in [-0.25, -0.2) is 9.37 Å². The second-order valence-corrected chi connectivity index (χ2v) is 5.49. The molecule has 0 saturated heterocycles. The van der Waals surface area contributed by atoms with E-state index in [1.807, 2.05) is 13.1 Å². The van der Waals surface area contributed by atoms with Crippen LogP contribution in [0.1, 0.15) is 37.7 Å². The van der Waals surface area contributed by atoms with Gasteiger partial charge in [-0.2, -0.15) is 0 Å².